The number of carbonyl (C=O) groups excluding carboxylic acids is 1. The molecule has 0 aliphatic carbocycles. The minimum atomic E-state index is -0.543. The van der Waals surface area contributed by atoms with Gasteiger partial charge in [0, 0.05) is 6.54 Å². The van der Waals surface area contributed by atoms with Gasteiger partial charge in [-0.15, -0.1) is 22.7 Å². The maximum Gasteiger partial charge on any atom is 0.263 e. The molecule has 0 aliphatic heterocycles. The Balaban J connectivity index is 2.17. The number of aromatic nitrogens is 1. The van der Waals surface area contributed by atoms with Gasteiger partial charge >= 0.3 is 0 Å². The lowest BCUT2D eigenvalue weighted by atomic mass is 10.3. The predicted octanol–water partition coefficient (Wildman–Crippen LogP) is 2.29. The lowest BCUT2D eigenvalue weighted by Gasteiger charge is -2.05. The van der Waals surface area contributed by atoms with Gasteiger partial charge in [-0.2, -0.15) is 0 Å². The van der Waals surface area contributed by atoms with Gasteiger partial charge in [0.15, 0.2) is 0 Å². The summed E-state index contributed by atoms with van der Waals surface area (Å²) >= 11 is 2.99. The fourth-order valence-electron chi connectivity index (χ4n) is 1.43. The Kier molecular flexibility index (Phi) is 4.11. The first-order chi connectivity index (χ1) is 8.58. The van der Waals surface area contributed by atoms with Crippen molar-refractivity contribution in [2.45, 2.75) is 20.0 Å². The van der Waals surface area contributed by atoms with Crippen molar-refractivity contribution in [1.29, 1.82) is 0 Å². The number of amides is 1. The third-order valence-electron chi connectivity index (χ3n) is 2.29. The van der Waals surface area contributed by atoms with Gasteiger partial charge in [-0.05, 0) is 25.3 Å². The van der Waals surface area contributed by atoms with E-state index >= 15 is 0 Å². The van der Waals surface area contributed by atoms with Crippen LogP contribution in [0.4, 0.5) is 0 Å². The fourth-order valence-corrected chi connectivity index (χ4v) is 3.21. The summed E-state index contributed by atoms with van der Waals surface area (Å²) in [6.45, 7) is 3.71. The van der Waals surface area contributed by atoms with E-state index in [1.165, 1.54) is 11.3 Å². The van der Waals surface area contributed by atoms with Crippen LogP contribution in [0.15, 0.2) is 17.5 Å². The van der Waals surface area contributed by atoms with Crippen LogP contribution >= 0.6 is 22.7 Å². The second kappa shape index (κ2) is 5.60. The summed E-state index contributed by atoms with van der Waals surface area (Å²) in [5.41, 5.74) is 0.728. The van der Waals surface area contributed by atoms with E-state index in [4.69, 9.17) is 5.11 Å². The predicted molar refractivity (Wildman–Crippen MR) is 74.2 cm³/mol. The van der Waals surface area contributed by atoms with Crippen LogP contribution in [0.25, 0.3) is 9.88 Å². The molecule has 4 nitrogen and oxygen atoms in total. The normalized spacial score (nSPS) is 12.4. The topological polar surface area (TPSA) is 62.2 Å². The molecule has 2 rings (SSSR count). The third-order valence-corrected chi connectivity index (χ3v) is 4.49. The van der Waals surface area contributed by atoms with E-state index in [0.717, 1.165) is 15.6 Å². The van der Waals surface area contributed by atoms with Gasteiger partial charge in [0.05, 0.1) is 16.7 Å². The molecule has 18 heavy (non-hydrogen) atoms. The number of aliphatic hydroxyl groups is 1. The van der Waals surface area contributed by atoms with Crippen molar-refractivity contribution in [3.05, 3.63) is 28.1 Å². The number of nitrogens with zero attached hydrogens (tertiary/aromatic N) is 1. The summed E-state index contributed by atoms with van der Waals surface area (Å²) in [6, 6.07) is 3.95. The molecule has 0 fully saturated rings. The molecule has 2 aromatic rings. The minimum Gasteiger partial charge on any atom is -0.392 e. The van der Waals surface area contributed by atoms with E-state index in [0.29, 0.717) is 4.88 Å². The second-order valence-electron chi connectivity index (χ2n) is 3.97. The first-order valence-corrected chi connectivity index (χ1v) is 7.25. The monoisotopic (exact) mass is 282 g/mol. The van der Waals surface area contributed by atoms with E-state index in [2.05, 4.69) is 10.3 Å². The van der Waals surface area contributed by atoms with Crippen molar-refractivity contribution >= 4 is 28.6 Å². The van der Waals surface area contributed by atoms with E-state index in [1.54, 1.807) is 18.3 Å². The van der Waals surface area contributed by atoms with E-state index < -0.39 is 6.10 Å². The molecule has 96 valence electrons. The van der Waals surface area contributed by atoms with Crippen molar-refractivity contribution in [3.8, 4) is 9.88 Å². The number of aryl methyl sites for hydroxylation is 1. The minimum absolute atomic E-state index is 0.172. The van der Waals surface area contributed by atoms with Gasteiger partial charge in [0.2, 0.25) is 0 Å². The van der Waals surface area contributed by atoms with E-state index in [1.807, 2.05) is 24.4 Å². The van der Waals surface area contributed by atoms with Crippen LogP contribution in [-0.4, -0.2) is 28.6 Å². The molecular formula is C12H14N2O2S2. The molecule has 2 N–H and O–H groups in total. The lowest BCUT2D eigenvalue weighted by Crippen LogP contribution is -2.30. The summed E-state index contributed by atoms with van der Waals surface area (Å²) in [7, 11) is 0. The molecule has 1 amide bonds. The Morgan fingerprint density at radius 2 is 2.39 bits per heavy atom. The van der Waals surface area contributed by atoms with Crippen molar-refractivity contribution < 1.29 is 9.90 Å². The standard InChI is InChI=1S/C12H14N2O2S2/c1-7(15)6-13-11(16)10-8(2)14-12(18-10)9-4-3-5-17-9/h3-5,7,15H,6H2,1-2H3,(H,13,16). The first kappa shape index (κ1) is 13.2. The Hall–Kier alpha value is -1.24. The number of rotatable bonds is 4. The number of hydrogen-bond donors (Lipinski definition) is 2. The second-order valence-corrected chi connectivity index (χ2v) is 5.92. The van der Waals surface area contributed by atoms with Gasteiger partial charge in [-0.25, -0.2) is 4.98 Å². The molecule has 2 heterocycles. The first-order valence-electron chi connectivity index (χ1n) is 5.55. The zero-order valence-corrected chi connectivity index (χ0v) is 11.8. The third kappa shape index (κ3) is 2.95. The van der Waals surface area contributed by atoms with Crippen LogP contribution in [-0.2, 0) is 0 Å². The molecular weight excluding hydrogens is 268 g/mol. The molecule has 2 aromatic heterocycles. The van der Waals surface area contributed by atoms with Crippen LogP contribution in [0.5, 0.6) is 0 Å². The smallest absolute Gasteiger partial charge is 0.263 e. The van der Waals surface area contributed by atoms with Crippen LogP contribution in [0.2, 0.25) is 0 Å². The van der Waals surface area contributed by atoms with Crippen LogP contribution in [0.1, 0.15) is 22.3 Å². The Morgan fingerprint density at radius 3 is 3.00 bits per heavy atom. The number of nitrogens with one attached hydrogen (secondary N) is 1. The van der Waals surface area contributed by atoms with Gasteiger partial charge in [0.25, 0.3) is 5.91 Å². The average Bonchev–Trinajstić information content (AvgIpc) is 2.94. The molecule has 0 bridgehead atoms. The maximum absolute atomic E-state index is 11.9. The number of thiophene rings is 1. The quantitative estimate of drug-likeness (QED) is 0.904. The summed E-state index contributed by atoms with van der Waals surface area (Å²) in [6.07, 6.45) is -0.543. The maximum atomic E-state index is 11.9. The lowest BCUT2D eigenvalue weighted by molar-refractivity contribution is 0.0927. The van der Waals surface area contributed by atoms with Gasteiger partial charge in [-0.3, -0.25) is 4.79 Å². The Morgan fingerprint density at radius 1 is 1.61 bits per heavy atom. The molecule has 0 aromatic carbocycles. The van der Waals surface area contributed by atoms with E-state index in [-0.39, 0.29) is 12.5 Å². The van der Waals surface area contributed by atoms with Crippen molar-refractivity contribution in [1.82, 2.24) is 10.3 Å². The van der Waals surface area contributed by atoms with Crippen LogP contribution < -0.4 is 5.32 Å². The highest BCUT2D eigenvalue weighted by atomic mass is 32.1. The highest BCUT2D eigenvalue weighted by Crippen LogP contribution is 2.30. The van der Waals surface area contributed by atoms with Gasteiger partial charge in [-0.1, -0.05) is 6.07 Å². The molecule has 0 radical (unpaired) electrons. The van der Waals surface area contributed by atoms with E-state index in [9.17, 15) is 4.79 Å². The van der Waals surface area contributed by atoms with Gasteiger partial charge < -0.3 is 10.4 Å². The Labute approximate surface area is 113 Å². The highest BCUT2D eigenvalue weighted by molar-refractivity contribution is 7.22. The fraction of sp³-hybridized carbons (Fsp3) is 0.333. The summed E-state index contributed by atoms with van der Waals surface area (Å²) < 4.78 is 0. The SMILES string of the molecule is Cc1nc(-c2cccs2)sc1C(=O)NCC(C)O. The number of carbonyl (C=O) groups is 1. The highest BCUT2D eigenvalue weighted by Gasteiger charge is 2.16. The molecule has 0 saturated carbocycles. The molecule has 0 spiro atoms. The summed E-state index contributed by atoms with van der Waals surface area (Å²) in [5, 5.41) is 14.7. The molecule has 0 aliphatic rings. The molecule has 6 heteroatoms. The molecule has 0 saturated heterocycles. The van der Waals surface area contributed by atoms with Crippen LogP contribution in [0, 0.1) is 6.92 Å². The molecule has 1 unspecified atom stereocenters. The van der Waals surface area contributed by atoms with Crippen molar-refractivity contribution in [2.75, 3.05) is 6.54 Å². The molecule has 1 atom stereocenters. The number of aliphatic hydroxyl groups excluding tert-OH is 1. The van der Waals surface area contributed by atoms with Gasteiger partial charge in [0.1, 0.15) is 9.88 Å². The van der Waals surface area contributed by atoms with Crippen molar-refractivity contribution in [3.63, 3.8) is 0 Å². The summed E-state index contributed by atoms with van der Waals surface area (Å²) in [4.78, 5) is 18.0. The summed E-state index contributed by atoms with van der Waals surface area (Å²) in [5.74, 6) is -0.172. The van der Waals surface area contributed by atoms with Crippen LogP contribution in [0.3, 0.4) is 0 Å². The zero-order chi connectivity index (χ0) is 13.1. The zero-order valence-electron chi connectivity index (χ0n) is 10.1. The Bertz CT molecular complexity index is 532. The average molecular weight is 282 g/mol. The van der Waals surface area contributed by atoms with Crippen molar-refractivity contribution in [2.24, 2.45) is 0 Å². The number of hydrogen-bond acceptors (Lipinski definition) is 5. The number of thiazole rings is 1. The largest absolute Gasteiger partial charge is 0.392 e.